The molecule has 0 aliphatic rings. The van der Waals surface area contributed by atoms with Crippen LogP contribution < -0.4 is 5.32 Å². The number of hydrogen-bond acceptors (Lipinski definition) is 2. The Morgan fingerprint density at radius 3 is 2.33 bits per heavy atom. The lowest BCUT2D eigenvalue weighted by molar-refractivity contribution is -0.141. The van der Waals surface area contributed by atoms with E-state index in [-0.39, 0.29) is 18.6 Å². The second-order valence-corrected chi connectivity index (χ2v) is 5.44. The summed E-state index contributed by atoms with van der Waals surface area (Å²) in [6.45, 7) is 5.92. The molecule has 0 aromatic heterocycles. The number of hydrogen-bond donors (Lipinski definition) is 2. The van der Waals surface area contributed by atoms with Gasteiger partial charge < -0.3 is 15.3 Å². The quantitative estimate of drug-likeness (QED) is 0.847. The minimum absolute atomic E-state index is 0.177. The maximum absolute atomic E-state index is 12.2. The molecule has 2 atom stereocenters. The molecule has 0 saturated heterocycles. The van der Waals surface area contributed by atoms with Gasteiger partial charge in [-0.2, -0.15) is 0 Å². The molecule has 21 heavy (non-hydrogen) atoms. The number of amides is 2. The van der Waals surface area contributed by atoms with E-state index >= 15 is 0 Å². The SMILES string of the molecule is CCN(CC(C)C(=O)O)C(=O)NC(C)c1ccc(Cl)cc1. The molecular weight excluding hydrogens is 292 g/mol. The molecular formula is C15H21ClN2O3. The lowest BCUT2D eigenvalue weighted by atomic mass is 10.1. The van der Waals surface area contributed by atoms with E-state index in [0.29, 0.717) is 11.6 Å². The molecule has 1 rings (SSSR count). The van der Waals surface area contributed by atoms with Gasteiger partial charge in [0.2, 0.25) is 0 Å². The summed E-state index contributed by atoms with van der Waals surface area (Å²) in [5.74, 6) is -1.51. The summed E-state index contributed by atoms with van der Waals surface area (Å²) >= 11 is 5.83. The lowest BCUT2D eigenvalue weighted by Gasteiger charge is -2.25. The Bertz CT molecular complexity index is 490. The number of carboxylic acid groups (broad SMARTS) is 1. The highest BCUT2D eigenvalue weighted by atomic mass is 35.5. The monoisotopic (exact) mass is 312 g/mol. The van der Waals surface area contributed by atoms with Crippen molar-refractivity contribution in [2.75, 3.05) is 13.1 Å². The van der Waals surface area contributed by atoms with Crippen molar-refractivity contribution in [3.63, 3.8) is 0 Å². The van der Waals surface area contributed by atoms with E-state index in [9.17, 15) is 9.59 Å². The van der Waals surface area contributed by atoms with E-state index < -0.39 is 11.9 Å². The van der Waals surface area contributed by atoms with Gasteiger partial charge in [0.05, 0.1) is 12.0 Å². The third-order valence-electron chi connectivity index (χ3n) is 3.29. The number of carbonyl (C=O) groups excluding carboxylic acids is 1. The Balaban J connectivity index is 2.64. The van der Waals surface area contributed by atoms with Gasteiger partial charge in [0, 0.05) is 18.1 Å². The minimum Gasteiger partial charge on any atom is -0.481 e. The van der Waals surface area contributed by atoms with Gasteiger partial charge in [-0.3, -0.25) is 4.79 Å². The van der Waals surface area contributed by atoms with Crippen molar-refractivity contribution in [3.05, 3.63) is 34.9 Å². The predicted octanol–water partition coefficient (Wildman–Crippen LogP) is 3.15. The van der Waals surface area contributed by atoms with E-state index in [0.717, 1.165) is 5.56 Å². The van der Waals surface area contributed by atoms with Gasteiger partial charge >= 0.3 is 12.0 Å². The summed E-state index contributed by atoms with van der Waals surface area (Å²) in [6.07, 6.45) is 0. The van der Waals surface area contributed by atoms with Crippen LogP contribution in [0.3, 0.4) is 0 Å². The Kier molecular flexibility index (Phi) is 6.49. The van der Waals surface area contributed by atoms with Crippen LogP contribution in [-0.4, -0.2) is 35.1 Å². The Morgan fingerprint density at radius 1 is 1.29 bits per heavy atom. The number of rotatable bonds is 6. The summed E-state index contributed by atoms with van der Waals surface area (Å²) in [6, 6.07) is 6.79. The Morgan fingerprint density at radius 2 is 1.86 bits per heavy atom. The van der Waals surface area contributed by atoms with Crippen LogP contribution in [0.15, 0.2) is 24.3 Å². The average Bonchev–Trinajstić information content (AvgIpc) is 2.44. The minimum atomic E-state index is -0.910. The number of carbonyl (C=O) groups is 2. The zero-order valence-electron chi connectivity index (χ0n) is 12.5. The molecule has 2 unspecified atom stereocenters. The zero-order chi connectivity index (χ0) is 16.0. The number of halogens is 1. The summed E-state index contributed by atoms with van der Waals surface area (Å²) in [5.41, 5.74) is 0.940. The van der Waals surface area contributed by atoms with E-state index in [1.807, 2.05) is 26.0 Å². The molecule has 0 aliphatic carbocycles. The molecule has 0 radical (unpaired) electrons. The van der Waals surface area contributed by atoms with Crippen LogP contribution in [-0.2, 0) is 4.79 Å². The molecule has 1 aromatic rings. The van der Waals surface area contributed by atoms with Gasteiger partial charge in [0.1, 0.15) is 0 Å². The molecule has 0 fully saturated rings. The van der Waals surface area contributed by atoms with Crippen LogP contribution in [0.5, 0.6) is 0 Å². The first-order valence-electron chi connectivity index (χ1n) is 6.88. The molecule has 0 bridgehead atoms. The fraction of sp³-hybridized carbons (Fsp3) is 0.467. The normalized spacial score (nSPS) is 13.3. The summed E-state index contributed by atoms with van der Waals surface area (Å²) in [7, 11) is 0. The highest BCUT2D eigenvalue weighted by Gasteiger charge is 2.20. The first-order valence-corrected chi connectivity index (χ1v) is 7.26. The average molecular weight is 313 g/mol. The highest BCUT2D eigenvalue weighted by molar-refractivity contribution is 6.30. The first-order chi connectivity index (χ1) is 9.85. The predicted molar refractivity (Wildman–Crippen MR) is 82.4 cm³/mol. The van der Waals surface area contributed by atoms with E-state index in [1.54, 1.807) is 19.1 Å². The highest BCUT2D eigenvalue weighted by Crippen LogP contribution is 2.16. The molecule has 2 amide bonds. The molecule has 0 heterocycles. The third-order valence-corrected chi connectivity index (χ3v) is 3.55. The van der Waals surface area contributed by atoms with E-state index in [2.05, 4.69) is 5.32 Å². The Labute approximate surface area is 129 Å². The summed E-state index contributed by atoms with van der Waals surface area (Å²) in [4.78, 5) is 24.5. The fourth-order valence-corrected chi connectivity index (χ4v) is 2.00. The number of urea groups is 1. The van der Waals surface area contributed by atoms with Crippen LogP contribution in [0.1, 0.15) is 32.4 Å². The van der Waals surface area contributed by atoms with Crippen molar-refractivity contribution in [1.29, 1.82) is 0 Å². The molecule has 0 spiro atoms. The van der Waals surface area contributed by atoms with Crippen molar-refractivity contribution < 1.29 is 14.7 Å². The van der Waals surface area contributed by atoms with Gasteiger partial charge in [0.25, 0.3) is 0 Å². The molecule has 1 aromatic carbocycles. The maximum Gasteiger partial charge on any atom is 0.317 e. The van der Waals surface area contributed by atoms with Crippen molar-refractivity contribution in [2.24, 2.45) is 5.92 Å². The molecule has 2 N–H and O–H groups in total. The van der Waals surface area contributed by atoms with Gasteiger partial charge in [0.15, 0.2) is 0 Å². The van der Waals surface area contributed by atoms with Crippen molar-refractivity contribution in [3.8, 4) is 0 Å². The second-order valence-electron chi connectivity index (χ2n) is 5.00. The number of nitrogens with one attached hydrogen (secondary N) is 1. The number of carboxylic acids is 1. The van der Waals surface area contributed by atoms with E-state index in [1.165, 1.54) is 4.90 Å². The summed E-state index contributed by atoms with van der Waals surface area (Å²) in [5, 5.41) is 12.4. The van der Waals surface area contributed by atoms with E-state index in [4.69, 9.17) is 16.7 Å². The van der Waals surface area contributed by atoms with Crippen LogP contribution in [0.25, 0.3) is 0 Å². The molecule has 6 heteroatoms. The van der Waals surface area contributed by atoms with Crippen LogP contribution in [0.4, 0.5) is 4.79 Å². The maximum atomic E-state index is 12.2. The van der Waals surface area contributed by atoms with Crippen LogP contribution in [0.2, 0.25) is 5.02 Å². The molecule has 116 valence electrons. The molecule has 0 aliphatic heterocycles. The van der Waals surface area contributed by atoms with Gasteiger partial charge in [-0.1, -0.05) is 30.7 Å². The smallest absolute Gasteiger partial charge is 0.317 e. The van der Waals surface area contributed by atoms with Crippen LogP contribution >= 0.6 is 11.6 Å². The number of nitrogens with zero attached hydrogens (tertiary/aromatic N) is 1. The van der Waals surface area contributed by atoms with Crippen molar-refractivity contribution >= 4 is 23.6 Å². The third kappa shape index (κ3) is 5.27. The van der Waals surface area contributed by atoms with Crippen molar-refractivity contribution in [2.45, 2.75) is 26.8 Å². The molecule has 5 nitrogen and oxygen atoms in total. The zero-order valence-corrected chi connectivity index (χ0v) is 13.2. The lowest BCUT2D eigenvalue weighted by Crippen LogP contribution is -2.44. The second kappa shape index (κ2) is 7.88. The van der Waals surface area contributed by atoms with Gasteiger partial charge in [-0.15, -0.1) is 0 Å². The standard InChI is InChI=1S/C15H21ClN2O3/c1-4-18(9-10(2)14(19)20)15(21)17-11(3)12-5-7-13(16)8-6-12/h5-8,10-11H,4,9H2,1-3H3,(H,17,21)(H,19,20). The van der Waals surface area contributed by atoms with Gasteiger partial charge in [-0.05, 0) is 31.5 Å². The van der Waals surface area contributed by atoms with Crippen molar-refractivity contribution in [1.82, 2.24) is 10.2 Å². The fourth-order valence-electron chi connectivity index (χ4n) is 1.88. The largest absolute Gasteiger partial charge is 0.481 e. The van der Waals surface area contributed by atoms with Gasteiger partial charge in [-0.25, -0.2) is 4.79 Å². The summed E-state index contributed by atoms with van der Waals surface area (Å²) < 4.78 is 0. The molecule has 0 saturated carbocycles. The number of aliphatic carboxylic acids is 1. The number of benzene rings is 1. The Hall–Kier alpha value is -1.75. The first kappa shape index (κ1) is 17.3. The van der Waals surface area contributed by atoms with Crippen LogP contribution in [0, 0.1) is 5.92 Å². The topological polar surface area (TPSA) is 69.6 Å².